The summed E-state index contributed by atoms with van der Waals surface area (Å²) in [6, 6.07) is 7.92. The number of hydrogen-bond acceptors (Lipinski definition) is 4. The SMILES string of the molecule is Cc1ccc(-c2csc(N[SH](=O)=O)n2)cc1.[Na]. The molecule has 4 nitrogen and oxygen atoms in total. The van der Waals surface area contributed by atoms with Crippen molar-refractivity contribution in [2.24, 2.45) is 0 Å². The molecule has 2 aromatic rings. The van der Waals surface area contributed by atoms with E-state index < -0.39 is 10.9 Å². The Morgan fingerprint density at radius 1 is 1.24 bits per heavy atom. The Hall–Kier alpha value is -0.400. The number of thiazole rings is 1. The van der Waals surface area contributed by atoms with Crippen molar-refractivity contribution in [3.63, 3.8) is 0 Å². The van der Waals surface area contributed by atoms with E-state index in [0.29, 0.717) is 5.13 Å². The van der Waals surface area contributed by atoms with E-state index in [2.05, 4.69) is 9.71 Å². The van der Waals surface area contributed by atoms with E-state index in [0.717, 1.165) is 11.3 Å². The first kappa shape index (κ1) is 14.7. The molecule has 0 saturated heterocycles. The van der Waals surface area contributed by atoms with E-state index in [4.69, 9.17) is 0 Å². The summed E-state index contributed by atoms with van der Waals surface area (Å²) in [5.74, 6) is 0. The molecule has 1 heterocycles. The number of hydrogen-bond donors (Lipinski definition) is 2. The second-order valence-corrected chi connectivity index (χ2v) is 4.87. The van der Waals surface area contributed by atoms with E-state index in [1.165, 1.54) is 16.9 Å². The number of nitrogens with one attached hydrogen (secondary N) is 1. The van der Waals surface area contributed by atoms with Gasteiger partial charge in [0.25, 0.3) is 0 Å². The molecule has 0 spiro atoms. The van der Waals surface area contributed by atoms with Gasteiger partial charge in [0.05, 0.1) is 5.69 Å². The third-order valence-corrected chi connectivity index (χ3v) is 3.34. The van der Waals surface area contributed by atoms with Crippen molar-refractivity contribution >= 4 is 56.9 Å². The average molecular weight is 277 g/mol. The predicted octanol–water partition coefficient (Wildman–Crippen LogP) is 1.68. The third kappa shape index (κ3) is 4.08. The fourth-order valence-electron chi connectivity index (χ4n) is 1.26. The van der Waals surface area contributed by atoms with Crippen LogP contribution in [-0.2, 0) is 10.9 Å². The smallest absolute Gasteiger partial charge is 0.224 e. The molecule has 0 unspecified atom stereocenters. The van der Waals surface area contributed by atoms with Gasteiger partial charge in [-0.25, -0.2) is 13.4 Å². The average Bonchev–Trinajstić information content (AvgIpc) is 2.66. The monoisotopic (exact) mass is 277 g/mol. The maximum atomic E-state index is 10.5. The number of nitrogens with zero attached hydrogens (tertiary/aromatic N) is 1. The number of anilines is 1. The van der Waals surface area contributed by atoms with Crippen molar-refractivity contribution in [2.45, 2.75) is 6.92 Å². The van der Waals surface area contributed by atoms with Crippen molar-refractivity contribution in [2.75, 3.05) is 4.72 Å². The third-order valence-electron chi connectivity index (χ3n) is 2.04. The van der Waals surface area contributed by atoms with Crippen LogP contribution in [-0.4, -0.2) is 43.0 Å². The largest absolute Gasteiger partial charge is 0.261 e. The second kappa shape index (κ2) is 6.51. The van der Waals surface area contributed by atoms with Gasteiger partial charge < -0.3 is 0 Å². The molecule has 0 aliphatic carbocycles. The fraction of sp³-hybridized carbons (Fsp3) is 0.100. The number of aromatic nitrogens is 1. The van der Waals surface area contributed by atoms with Crippen LogP contribution in [0.1, 0.15) is 5.56 Å². The van der Waals surface area contributed by atoms with E-state index in [-0.39, 0.29) is 29.6 Å². The van der Waals surface area contributed by atoms with Gasteiger partial charge in [-0.1, -0.05) is 29.8 Å². The summed E-state index contributed by atoms with van der Waals surface area (Å²) in [5, 5.41) is 2.22. The zero-order valence-corrected chi connectivity index (χ0v) is 13.2. The molecular weight excluding hydrogens is 267 g/mol. The van der Waals surface area contributed by atoms with Crippen LogP contribution in [0.4, 0.5) is 5.13 Å². The summed E-state index contributed by atoms with van der Waals surface area (Å²) in [6.07, 6.45) is 0. The van der Waals surface area contributed by atoms with Crippen LogP contribution in [0.3, 0.4) is 0 Å². The summed E-state index contributed by atoms with van der Waals surface area (Å²) >= 11 is 1.27. The Balaban J connectivity index is 0.00000144. The molecule has 1 radical (unpaired) electrons. The molecule has 0 amide bonds. The summed E-state index contributed by atoms with van der Waals surface area (Å²) < 4.78 is 23.2. The summed E-state index contributed by atoms with van der Waals surface area (Å²) in [6.45, 7) is 2.01. The minimum atomic E-state index is -2.64. The number of aryl methyl sites for hydroxylation is 1. The van der Waals surface area contributed by atoms with E-state index in [1.807, 2.05) is 36.6 Å². The van der Waals surface area contributed by atoms with Gasteiger partial charge in [-0.15, -0.1) is 11.3 Å². The topological polar surface area (TPSA) is 59.1 Å². The Morgan fingerprint density at radius 2 is 1.88 bits per heavy atom. The zero-order valence-electron chi connectivity index (χ0n) is 9.51. The molecule has 7 heteroatoms. The summed E-state index contributed by atoms with van der Waals surface area (Å²) in [4.78, 5) is 4.17. The number of benzene rings is 1. The number of thiol groups is 1. The van der Waals surface area contributed by atoms with Gasteiger partial charge in [0.1, 0.15) is 0 Å². The fourth-order valence-corrected chi connectivity index (χ4v) is 2.46. The van der Waals surface area contributed by atoms with Crippen molar-refractivity contribution in [1.82, 2.24) is 4.98 Å². The van der Waals surface area contributed by atoms with Crippen LogP contribution in [0.25, 0.3) is 11.3 Å². The van der Waals surface area contributed by atoms with Gasteiger partial charge in [0, 0.05) is 40.5 Å². The van der Waals surface area contributed by atoms with Crippen molar-refractivity contribution in [3.8, 4) is 11.3 Å². The van der Waals surface area contributed by atoms with Gasteiger partial charge in [0.15, 0.2) is 5.13 Å². The van der Waals surface area contributed by atoms with Crippen LogP contribution >= 0.6 is 11.3 Å². The Labute approximate surface area is 127 Å². The summed E-state index contributed by atoms with van der Waals surface area (Å²) in [7, 11) is -2.64. The first-order valence-electron chi connectivity index (χ1n) is 4.59. The minimum Gasteiger partial charge on any atom is -0.261 e. The van der Waals surface area contributed by atoms with Crippen LogP contribution < -0.4 is 4.72 Å². The number of rotatable bonds is 3. The Bertz CT molecular complexity index is 556. The van der Waals surface area contributed by atoms with Gasteiger partial charge in [-0.3, -0.25) is 4.72 Å². The molecule has 0 saturated carbocycles. The van der Waals surface area contributed by atoms with Gasteiger partial charge in [-0.2, -0.15) is 0 Å². The maximum Gasteiger partial charge on any atom is 0.224 e. The van der Waals surface area contributed by atoms with Gasteiger partial charge in [-0.05, 0) is 6.92 Å². The molecule has 0 aliphatic rings. The zero-order chi connectivity index (χ0) is 11.5. The van der Waals surface area contributed by atoms with Crippen LogP contribution in [0, 0.1) is 6.92 Å². The maximum absolute atomic E-state index is 10.5. The molecule has 17 heavy (non-hydrogen) atoms. The first-order chi connectivity index (χ1) is 7.65. The minimum absolute atomic E-state index is 0. The van der Waals surface area contributed by atoms with Gasteiger partial charge >= 0.3 is 0 Å². The normalized spacial score (nSPS) is 10.0. The van der Waals surface area contributed by atoms with Gasteiger partial charge in [0.2, 0.25) is 10.9 Å². The molecule has 2 rings (SSSR count). The molecular formula is C10H10N2NaO2S2. The van der Waals surface area contributed by atoms with Crippen molar-refractivity contribution < 1.29 is 8.42 Å². The van der Waals surface area contributed by atoms with Crippen molar-refractivity contribution in [3.05, 3.63) is 35.2 Å². The first-order valence-corrected chi connectivity index (χ1v) is 6.64. The molecule has 85 valence electrons. The molecule has 1 aromatic carbocycles. The Morgan fingerprint density at radius 3 is 2.47 bits per heavy atom. The Kier molecular flexibility index (Phi) is 5.61. The molecule has 1 aromatic heterocycles. The van der Waals surface area contributed by atoms with Crippen molar-refractivity contribution in [1.29, 1.82) is 0 Å². The quantitative estimate of drug-likeness (QED) is 0.663. The van der Waals surface area contributed by atoms with Crippen LogP contribution in [0.15, 0.2) is 29.6 Å². The molecule has 0 fully saturated rings. The molecule has 0 aliphatic heterocycles. The molecule has 1 N–H and O–H groups in total. The van der Waals surface area contributed by atoms with Crippen LogP contribution in [0.2, 0.25) is 0 Å². The van der Waals surface area contributed by atoms with Crippen LogP contribution in [0.5, 0.6) is 0 Å². The molecule has 0 bridgehead atoms. The predicted molar refractivity (Wildman–Crippen MR) is 72.0 cm³/mol. The van der Waals surface area contributed by atoms with E-state index in [1.54, 1.807) is 0 Å². The summed E-state index contributed by atoms with van der Waals surface area (Å²) in [5.41, 5.74) is 2.94. The van der Waals surface area contributed by atoms with E-state index >= 15 is 0 Å². The second-order valence-electron chi connectivity index (χ2n) is 3.27. The van der Waals surface area contributed by atoms with E-state index in [9.17, 15) is 8.42 Å². The molecule has 0 atom stereocenters. The standard InChI is InChI=1S/C10H10N2O2S2.Na/c1-7-2-4-8(5-3-7)9-6-15-10(11-9)12-16(13)14;/h2-6,16H,1H3,(H,11,12,13,14);.